The SMILES string of the molecule is CC(C)CNC(=O)N1CCC[C@@H](C(=O)Nc2cccc(C(=O)O)c2)C1. The lowest BCUT2D eigenvalue weighted by Crippen LogP contribution is -2.48. The molecule has 2 rings (SSSR count). The fourth-order valence-electron chi connectivity index (χ4n) is 2.75. The van der Waals surface area contributed by atoms with E-state index in [9.17, 15) is 14.4 Å². The first kappa shape index (κ1) is 18.8. The van der Waals surface area contributed by atoms with Gasteiger partial charge in [0, 0.05) is 25.3 Å². The van der Waals surface area contributed by atoms with Crippen molar-refractivity contribution in [3.63, 3.8) is 0 Å². The summed E-state index contributed by atoms with van der Waals surface area (Å²) in [5.41, 5.74) is 0.572. The minimum absolute atomic E-state index is 0.121. The van der Waals surface area contributed by atoms with E-state index in [0.29, 0.717) is 37.7 Å². The Kier molecular flexibility index (Phi) is 6.38. The van der Waals surface area contributed by atoms with E-state index >= 15 is 0 Å². The first-order valence-electron chi connectivity index (χ1n) is 8.54. The standard InChI is InChI=1S/C18H25N3O4/c1-12(2)10-19-18(25)21-8-4-6-14(11-21)16(22)20-15-7-3-5-13(9-15)17(23)24/h3,5,7,9,12,14H,4,6,8,10-11H2,1-2H3,(H,19,25)(H,20,22)(H,23,24)/t14-/m1/s1. The molecule has 3 N–H and O–H groups in total. The molecule has 0 saturated carbocycles. The van der Waals surface area contributed by atoms with E-state index in [2.05, 4.69) is 10.6 Å². The smallest absolute Gasteiger partial charge is 0.335 e. The van der Waals surface area contributed by atoms with Crippen LogP contribution in [0.15, 0.2) is 24.3 Å². The lowest BCUT2D eigenvalue weighted by molar-refractivity contribution is -0.121. The normalized spacial score (nSPS) is 17.2. The monoisotopic (exact) mass is 347 g/mol. The summed E-state index contributed by atoms with van der Waals surface area (Å²) < 4.78 is 0. The molecule has 1 atom stereocenters. The predicted octanol–water partition coefficient (Wildman–Crippen LogP) is 2.40. The van der Waals surface area contributed by atoms with Crippen molar-refractivity contribution >= 4 is 23.6 Å². The highest BCUT2D eigenvalue weighted by Crippen LogP contribution is 2.19. The third-order valence-corrected chi connectivity index (χ3v) is 4.12. The van der Waals surface area contributed by atoms with Crippen molar-refractivity contribution < 1.29 is 19.5 Å². The van der Waals surface area contributed by atoms with Gasteiger partial charge in [0.1, 0.15) is 0 Å². The van der Waals surface area contributed by atoms with Gasteiger partial charge in [-0.1, -0.05) is 19.9 Å². The zero-order valence-corrected chi connectivity index (χ0v) is 14.6. The molecule has 0 aromatic heterocycles. The van der Waals surface area contributed by atoms with Gasteiger partial charge in [0.2, 0.25) is 5.91 Å². The van der Waals surface area contributed by atoms with Gasteiger partial charge in [0.15, 0.2) is 0 Å². The number of anilines is 1. The number of carboxylic acid groups (broad SMARTS) is 1. The fraction of sp³-hybridized carbons (Fsp3) is 0.500. The topological polar surface area (TPSA) is 98.7 Å². The van der Waals surface area contributed by atoms with Crippen molar-refractivity contribution in [1.82, 2.24) is 10.2 Å². The number of nitrogens with one attached hydrogen (secondary N) is 2. The molecule has 1 fully saturated rings. The van der Waals surface area contributed by atoms with E-state index in [-0.39, 0.29) is 23.4 Å². The van der Waals surface area contributed by atoms with E-state index in [1.807, 2.05) is 13.8 Å². The molecule has 25 heavy (non-hydrogen) atoms. The number of urea groups is 1. The molecule has 1 heterocycles. The second kappa shape index (κ2) is 8.50. The fourth-order valence-corrected chi connectivity index (χ4v) is 2.75. The molecule has 1 aliphatic rings. The summed E-state index contributed by atoms with van der Waals surface area (Å²) in [6.07, 6.45) is 1.47. The van der Waals surface area contributed by atoms with Crippen LogP contribution < -0.4 is 10.6 Å². The minimum atomic E-state index is -1.04. The van der Waals surface area contributed by atoms with Crippen molar-refractivity contribution in [1.29, 1.82) is 0 Å². The molecule has 1 aliphatic heterocycles. The molecule has 0 unspecified atom stereocenters. The quantitative estimate of drug-likeness (QED) is 0.761. The van der Waals surface area contributed by atoms with Gasteiger partial charge in [-0.15, -0.1) is 0 Å². The number of carbonyl (C=O) groups excluding carboxylic acids is 2. The average Bonchev–Trinajstić information content (AvgIpc) is 2.60. The third-order valence-electron chi connectivity index (χ3n) is 4.12. The molecule has 1 aromatic rings. The number of carboxylic acids is 1. The highest BCUT2D eigenvalue weighted by Gasteiger charge is 2.28. The van der Waals surface area contributed by atoms with Crippen LogP contribution in [0.2, 0.25) is 0 Å². The maximum atomic E-state index is 12.5. The van der Waals surface area contributed by atoms with E-state index in [1.165, 1.54) is 12.1 Å². The van der Waals surface area contributed by atoms with Gasteiger partial charge in [-0.2, -0.15) is 0 Å². The molecule has 7 heteroatoms. The highest BCUT2D eigenvalue weighted by molar-refractivity contribution is 5.95. The number of carbonyl (C=O) groups is 3. The predicted molar refractivity (Wildman–Crippen MR) is 94.6 cm³/mol. The second-order valence-electron chi connectivity index (χ2n) is 6.74. The Morgan fingerprint density at radius 1 is 1.32 bits per heavy atom. The first-order chi connectivity index (χ1) is 11.9. The van der Waals surface area contributed by atoms with Gasteiger partial charge < -0.3 is 20.6 Å². The van der Waals surface area contributed by atoms with E-state index in [1.54, 1.807) is 17.0 Å². The summed E-state index contributed by atoms with van der Waals surface area (Å²) in [7, 11) is 0. The summed E-state index contributed by atoms with van der Waals surface area (Å²) in [6, 6.07) is 6.00. The molecule has 1 aromatic carbocycles. The van der Waals surface area contributed by atoms with E-state index < -0.39 is 5.97 Å². The van der Waals surface area contributed by atoms with Crippen LogP contribution in [0.1, 0.15) is 37.0 Å². The van der Waals surface area contributed by atoms with Gasteiger partial charge in [-0.25, -0.2) is 9.59 Å². The average molecular weight is 347 g/mol. The first-order valence-corrected chi connectivity index (χ1v) is 8.54. The molecule has 0 aliphatic carbocycles. The maximum Gasteiger partial charge on any atom is 0.335 e. The molecule has 0 spiro atoms. The minimum Gasteiger partial charge on any atom is -0.478 e. The Morgan fingerprint density at radius 2 is 2.08 bits per heavy atom. The number of aromatic carboxylic acids is 1. The van der Waals surface area contributed by atoms with Gasteiger partial charge in [0.25, 0.3) is 0 Å². The Balaban J connectivity index is 1.94. The van der Waals surface area contributed by atoms with Crippen LogP contribution >= 0.6 is 0 Å². The number of hydrogen-bond acceptors (Lipinski definition) is 3. The molecule has 0 bridgehead atoms. The molecular formula is C18H25N3O4. The lowest BCUT2D eigenvalue weighted by Gasteiger charge is -2.32. The van der Waals surface area contributed by atoms with Gasteiger partial charge in [0.05, 0.1) is 11.5 Å². The molecule has 1 saturated heterocycles. The number of likely N-dealkylation sites (tertiary alicyclic amines) is 1. The third kappa shape index (κ3) is 5.48. The Bertz CT molecular complexity index is 645. The Hall–Kier alpha value is -2.57. The van der Waals surface area contributed by atoms with E-state index in [0.717, 1.165) is 6.42 Å². The van der Waals surface area contributed by atoms with Gasteiger partial charge in [-0.05, 0) is 37.0 Å². The molecule has 3 amide bonds. The van der Waals surface area contributed by atoms with Crippen LogP contribution in [0.5, 0.6) is 0 Å². The molecule has 7 nitrogen and oxygen atoms in total. The maximum absolute atomic E-state index is 12.5. The van der Waals surface area contributed by atoms with Crippen molar-refractivity contribution in [2.45, 2.75) is 26.7 Å². The Morgan fingerprint density at radius 3 is 2.76 bits per heavy atom. The summed E-state index contributed by atoms with van der Waals surface area (Å²) in [4.78, 5) is 37.3. The molecule has 0 radical (unpaired) electrons. The summed E-state index contributed by atoms with van der Waals surface area (Å²) in [5.74, 6) is -1.16. The number of nitrogens with zero attached hydrogens (tertiary/aromatic N) is 1. The van der Waals surface area contributed by atoms with Gasteiger partial charge >= 0.3 is 12.0 Å². The Labute approximate surface area is 147 Å². The van der Waals surface area contributed by atoms with Crippen LogP contribution in [-0.4, -0.2) is 47.5 Å². The summed E-state index contributed by atoms with van der Waals surface area (Å²) >= 11 is 0. The van der Waals surface area contributed by atoms with Crippen molar-refractivity contribution in [3.05, 3.63) is 29.8 Å². The number of hydrogen-bond donors (Lipinski definition) is 3. The number of benzene rings is 1. The van der Waals surface area contributed by atoms with Crippen LogP contribution in [0.25, 0.3) is 0 Å². The largest absolute Gasteiger partial charge is 0.478 e. The summed E-state index contributed by atoms with van der Waals surface area (Å²) in [5, 5.41) is 14.6. The highest BCUT2D eigenvalue weighted by atomic mass is 16.4. The molecule has 136 valence electrons. The van der Waals surface area contributed by atoms with Crippen LogP contribution in [0, 0.1) is 11.8 Å². The number of rotatable bonds is 5. The van der Waals surface area contributed by atoms with Crippen LogP contribution in [0.3, 0.4) is 0 Å². The lowest BCUT2D eigenvalue weighted by atomic mass is 9.97. The zero-order valence-electron chi connectivity index (χ0n) is 14.6. The van der Waals surface area contributed by atoms with Crippen molar-refractivity contribution in [2.75, 3.05) is 25.0 Å². The van der Waals surface area contributed by atoms with Crippen LogP contribution in [-0.2, 0) is 4.79 Å². The second-order valence-corrected chi connectivity index (χ2v) is 6.74. The van der Waals surface area contributed by atoms with Crippen molar-refractivity contribution in [3.8, 4) is 0 Å². The van der Waals surface area contributed by atoms with E-state index in [4.69, 9.17) is 5.11 Å². The summed E-state index contributed by atoms with van der Waals surface area (Å²) in [6.45, 7) is 5.67. The van der Waals surface area contributed by atoms with Crippen LogP contribution in [0.4, 0.5) is 10.5 Å². The molecular weight excluding hydrogens is 322 g/mol. The number of amides is 3. The van der Waals surface area contributed by atoms with Gasteiger partial charge in [-0.3, -0.25) is 4.79 Å². The van der Waals surface area contributed by atoms with Crippen molar-refractivity contribution in [2.24, 2.45) is 11.8 Å². The zero-order chi connectivity index (χ0) is 18.4. The number of piperidine rings is 1.